The molecule has 1 atom stereocenters. The molecule has 0 N–H and O–H groups in total. The number of nitriles is 1. The van der Waals surface area contributed by atoms with Crippen LogP contribution in [0.5, 0.6) is 0 Å². The van der Waals surface area contributed by atoms with Crippen LogP contribution in [0.15, 0.2) is 5.03 Å². The zero-order valence-corrected chi connectivity index (χ0v) is 13.2. The number of thioether (sulfide) groups is 1. The van der Waals surface area contributed by atoms with Gasteiger partial charge in [-0.05, 0) is 32.6 Å². The van der Waals surface area contributed by atoms with E-state index in [1.54, 1.807) is 13.8 Å². The molecule has 1 saturated heterocycles. The minimum atomic E-state index is -2.88. The van der Waals surface area contributed by atoms with E-state index in [4.69, 9.17) is 0 Å². The van der Waals surface area contributed by atoms with Crippen molar-refractivity contribution in [3.63, 3.8) is 0 Å². The molecule has 1 aromatic rings. The Balaban J connectivity index is 2.10. The number of hydrogen-bond acceptors (Lipinski definition) is 6. The highest BCUT2D eigenvalue weighted by Gasteiger charge is 2.25. The van der Waals surface area contributed by atoms with Crippen molar-refractivity contribution in [2.45, 2.75) is 31.7 Å². The molecule has 2 rings (SSSR count). The van der Waals surface area contributed by atoms with Gasteiger partial charge in [0.2, 0.25) is 0 Å². The van der Waals surface area contributed by atoms with Crippen LogP contribution < -0.4 is 0 Å². The third kappa shape index (κ3) is 3.70. The Hall–Kier alpha value is -1.13. The molecule has 0 aromatic carbocycles. The van der Waals surface area contributed by atoms with Crippen LogP contribution in [0.4, 0.5) is 0 Å². The summed E-state index contributed by atoms with van der Waals surface area (Å²) in [5, 5.41) is 9.84. The lowest BCUT2D eigenvalue weighted by Gasteiger charge is -2.21. The maximum Gasteiger partial charge on any atom is 0.150 e. The summed E-state index contributed by atoms with van der Waals surface area (Å²) in [6.07, 6.45) is 1.66. The van der Waals surface area contributed by atoms with Gasteiger partial charge in [-0.15, -0.1) is 11.8 Å². The molecule has 7 heteroatoms. The SMILES string of the molecule is Cc1nc(C)c(C#N)c(SCC2CCCS(=O)(=O)C2)n1. The Bertz CT molecular complexity index is 650. The molecule has 0 amide bonds. The van der Waals surface area contributed by atoms with Crippen LogP contribution in [0.3, 0.4) is 0 Å². The van der Waals surface area contributed by atoms with Gasteiger partial charge in [0, 0.05) is 5.75 Å². The topological polar surface area (TPSA) is 83.7 Å². The first-order chi connectivity index (χ1) is 9.41. The lowest BCUT2D eigenvalue weighted by Crippen LogP contribution is -2.26. The second kappa shape index (κ2) is 6.10. The van der Waals surface area contributed by atoms with E-state index in [9.17, 15) is 13.7 Å². The Kier molecular flexibility index (Phi) is 4.66. The van der Waals surface area contributed by atoms with Crippen molar-refractivity contribution in [3.8, 4) is 6.07 Å². The molecule has 0 aliphatic carbocycles. The normalized spacial score (nSPS) is 21.4. The van der Waals surface area contributed by atoms with Crippen LogP contribution in [0.25, 0.3) is 0 Å². The Morgan fingerprint density at radius 3 is 2.80 bits per heavy atom. The first kappa shape index (κ1) is 15.3. The van der Waals surface area contributed by atoms with Crippen LogP contribution >= 0.6 is 11.8 Å². The summed E-state index contributed by atoms with van der Waals surface area (Å²) in [7, 11) is -2.88. The quantitative estimate of drug-likeness (QED) is 0.626. The second-order valence-electron chi connectivity index (χ2n) is 5.08. The lowest BCUT2D eigenvalue weighted by molar-refractivity contribution is 0.520. The summed E-state index contributed by atoms with van der Waals surface area (Å²) < 4.78 is 23.2. The van der Waals surface area contributed by atoms with Gasteiger partial charge >= 0.3 is 0 Å². The van der Waals surface area contributed by atoms with E-state index in [0.29, 0.717) is 33.6 Å². The molecular formula is C13H17N3O2S2. The van der Waals surface area contributed by atoms with Gasteiger partial charge in [-0.3, -0.25) is 0 Å². The third-order valence-corrected chi connectivity index (χ3v) is 6.39. The molecule has 0 bridgehead atoms. The first-order valence-corrected chi connectivity index (χ1v) is 9.30. The Labute approximate surface area is 123 Å². The zero-order valence-electron chi connectivity index (χ0n) is 11.6. The first-order valence-electron chi connectivity index (χ1n) is 6.50. The average molecular weight is 311 g/mol. The average Bonchev–Trinajstić information content (AvgIpc) is 2.34. The van der Waals surface area contributed by atoms with Gasteiger partial charge in [-0.2, -0.15) is 5.26 Å². The van der Waals surface area contributed by atoms with Gasteiger partial charge < -0.3 is 0 Å². The summed E-state index contributed by atoms with van der Waals surface area (Å²) in [4.78, 5) is 8.49. The highest BCUT2D eigenvalue weighted by atomic mass is 32.2. The van der Waals surface area contributed by atoms with Gasteiger partial charge in [-0.25, -0.2) is 18.4 Å². The van der Waals surface area contributed by atoms with Crippen molar-refractivity contribution < 1.29 is 8.42 Å². The molecule has 5 nitrogen and oxygen atoms in total. The molecule has 108 valence electrons. The van der Waals surface area contributed by atoms with Gasteiger partial charge in [0.25, 0.3) is 0 Å². The molecule has 1 aromatic heterocycles. The molecule has 2 heterocycles. The summed E-state index contributed by atoms with van der Waals surface area (Å²) in [6, 6.07) is 2.13. The number of hydrogen-bond donors (Lipinski definition) is 0. The third-order valence-electron chi connectivity index (χ3n) is 3.29. The molecule has 1 unspecified atom stereocenters. The number of nitrogens with zero attached hydrogens (tertiary/aromatic N) is 3. The largest absolute Gasteiger partial charge is 0.237 e. The number of sulfone groups is 1. The van der Waals surface area contributed by atoms with E-state index < -0.39 is 9.84 Å². The smallest absolute Gasteiger partial charge is 0.150 e. The lowest BCUT2D eigenvalue weighted by atomic mass is 10.1. The van der Waals surface area contributed by atoms with Crippen molar-refractivity contribution in [1.29, 1.82) is 5.26 Å². The van der Waals surface area contributed by atoms with E-state index in [1.165, 1.54) is 11.8 Å². The maximum atomic E-state index is 11.6. The fraction of sp³-hybridized carbons (Fsp3) is 0.615. The summed E-state index contributed by atoms with van der Waals surface area (Å²) in [5.74, 6) is 2.04. The number of aryl methyl sites for hydroxylation is 2. The van der Waals surface area contributed by atoms with Crippen LogP contribution in [-0.4, -0.2) is 35.6 Å². The fourth-order valence-electron chi connectivity index (χ4n) is 2.36. The Morgan fingerprint density at radius 2 is 2.15 bits per heavy atom. The zero-order chi connectivity index (χ0) is 14.8. The van der Waals surface area contributed by atoms with Gasteiger partial charge in [0.15, 0.2) is 9.84 Å². The number of aromatic nitrogens is 2. The van der Waals surface area contributed by atoms with Gasteiger partial charge in [-0.1, -0.05) is 0 Å². The van der Waals surface area contributed by atoms with Crippen molar-refractivity contribution >= 4 is 21.6 Å². The highest BCUT2D eigenvalue weighted by molar-refractivity contribution is 7.99. The van der Waals surface area contributed by atoms with Crippen molar-refractivity contribution in [1.82, 2.24) is 9.97 Å². The number of rotatable bonds is 3. The molecule has 1 aliphatic rings. The predicted molar refractivity (Wildman–Crippen MR) is 78.3 cm³/mol. The van der Waals surface area contributed by atoms with Crippen LogP contribution in [-0.2, 0) is 9.84 Å². The standard InChI is InChI=1S/C13H17N3O2S2/c1-9-12(6-14)13(16-10(2)15-9)19-7-11-4-3-5-20(17,18)8-11/h11H,3-5,7-8H2,1-2H3. The van der Waals surface area contributed by atoms with E-state index in [2.05, 4.69) is 16.0 Å². The van der Waals surface area contributed by atoms with E-state index >= 15 is 0 Å². The molecule has 1 fully saturated rings. The summed E-state index contributed by atoms with van der Waals surface area (Å²) in [6.45, 7) is 3.59. The minimum Gasteiger partial charge on any atom is -0.237 e. The molecule has 0 saturated carbocycles. The van der Waals surface area contributed by atoms with Crippen molar-refractivity contribution in [3.05, 3.63) is 17.1 Å². The van der Waals surface area contributed by atoms with Gasteiger partial charge in [0.05, 0.1) is 17.2 Å². The fourth-order valence-corrected chi connectivity index (χ4v) is 5.50. The van der Waals surface area contributed by atoms with Crippen LogP contribution in [0, 0.1) is 31.1 Å². The summed E-state index contributed by atoms with van der Waals surface area (Å²) >= 11 is 1.47. The molecule has 0 spiro atoms. The monoisotopic (exact) mass is 311 g/mol. The minimum absolute atomic E-state index is 0.154. The van der Waals surface area contributed by atoms with E-state index in [1.807, 2.05) is 0 Å². The molecule has 1 aliphatic heterocycles. The second-order valence-corrected chi connectivity index (χ2v) is 8.32. The maximum absolute atomic E-state index is 11.6. The van der Waals surface area contributed by atoms with E-state index in [0.717, 1.165) is 12.8 Å². The van der Waals surface area contributed by atoms with E-state index in [-0.39, 0.29) is 11.7 Å². The predicted octanol–water partition coefficient (Wildman–Crippen LogP) is 1.88. The van der Waals surface area contributed by atoms with Crippen molar-refractivity contribution in [2.24, 2.45) is 5.92 Å². The molecule has 20 heavy (non-hydrogen) atoms. The molecular weight excluding hydrogens is 294 g/mol. The van der Waals surface area contributed by atoms with Gasteiger partial charge in [0.1, 0.15) is 22.5 Å². The highest BCUT2D eigenvalue weighted by Crippen LogP contribution is 2.28. The Morgan fingerprint density at radius 1 is 1.40 bits per heavy atom. The van der Waals surface area contributed by atoms with Crippen LogP contribution in [0.2, 0.25) is 0 Å². The molecule has 0 radical (unpaired) electrons. The summed E-state index contributed by atoms with van der Waals surface area (Å²) in [5.41, 5.74) is 1.18. The van der Waals surface area contributed by atoms with Crippen LogP contribution in [0.1, 0.15) is 29.9 Å². The van der Waals surface area contributed by atoms with Crippen molar-refractivity contribution in [2.75, 3.05) is 17.3 Å².